The number of carbonyl (C=O) groups is 2. The topological polar surface area (TPSA) is 79.7 Å². The third-order valence-electron chi connectivity index (χ3n) is 5.87. The molecule has 1 saturated heterocycles. The van der Waals surface area contributed by atoms with Crippen molar-refractivity contribution >= 4 is 44.1 Å². The molecule has 0 saturated carbocycles. The van der Waals surface area contributed by atoms with E-state index in [0.717, 1.165) is 29.0 Å². The van der Waals surface area contributed by atoms with Crippen molar-refractivity contribution in [1.29, 1.82) is 0 Å². The summed E-state index contributed by atoms with van der Waals surface area (Å²) in [5.74, 6) is -3.63. The normalized spacial score (nSPS) is 17.2. The van der Waals surface area contributed by atoms with E-state index in [1.54, 1.807) is 36.4 Å². The van der Waals surface area contributed by atoms with Gasteiger partial charge in [0, 0.05) is 11.6 Å². The van der Waals surface area contributed by atoms with Crippen molar-refractivity contribution in [2.45, 2.75) is 19.9 Å². The molecule has 1 unspecified atom stereocenters. The zero-order chi connectivity index (χ0) is 25.6. The lowest BCUT2D eigenvalue weighted by Gasteiger charge is -2.23. The van der Waals surface area contributed by atoms with E-state index >= 15 is 0 Å². The Bertz CT molecular complexity index is 1510. The molecule has 1 amide bonds. The third kappa shape index (κ3) is 4.01. The second-order valence-corrected chi connectivity index (χ2v) is 9.28. The second-order valence-electron chi connectivity index (χ2n) is 8.27. The van der Waals surface area contributed by atoms with Gasteiger partial charge in [0.15, 0.2) is 16.8 Å². The fourth-order valence-electron chi connectivity index (χ4n) is 4.23. The van der Waals surface area contributed by atoms with Gasteiger partial charge in [-0.1, -0.05) is 41.2 Å². The van der Waals surface area contributed by atoms with Crippen LogP contribution in [-0.2, 0) is 9.59 Å². The van der Waals surface area contributed by atoms with Gasteiger partial charge in [-0.15, -0.1) is 0 Å². The molecule has 1 atom stereocenters. The highest BCUT2D eigenvalue weighted by Gasteiger charge is 2.48. The number of aliphatic hydroxyl groups is 1. The SMILES string of the molecule is CCOc1ccc(/C(O)=C2\C(=O)C(=O)N(c3nc4cc(F)c(F)cc4s3)C2c2cccc(C)c2)cc1. The highest BCUT2D eigenvalue weighted by Crippen LogP contribution is 2.44. The number of fused-ring (bicyclic) bond motifs is 1. The Hall–Kier alpha value is -4.11. The first kappa shape index (κ1) is 23.6. The van der Waals surface area contributed by atoms with E-state index in [2.05, 4.69) is 4.98 Å². The molecule has 1 aromatic heterocycles. The second kappa shape index (κ2) is 9.16. The highest BCUT2D eigenvalue weighted by molar-refractivity contribution is 7.22. The van der Waals surface area contributed by atoms with Gasteiger partial charge in [-0.25, -0.2) is 13.8 Å². The van der Waals surface area contributed by atoms with Crippen LogP contribution < -0.4 is 9.64 Å². The van der Waals surface area contributed by atoms with Crippen molar-refractivity contribution in [2.24, 2.45) is 0 Å². The molecule has 1 aliphatic heterocycles. The maximum Gasteiger partial charge on any atom is 0.301 e. The number of ether oxygens (including phenoxy) is 1. The standard InChI is InChI=1S/C27H20F2N2O4S/c1-3-35-17-9-7-15(8-10-17)24(32)22-23(16-6-4-5-14(2)11-16)31(26(34)25(22)33)27-30-20-12-18(28)19(29)13-21(20)36-27/h4-13,23,32H,3H2,1-2H3/b24-22+. The number of ketones is 1. The van der Waals surface area contributed by atoms with Gasteiger partial charge >= 0.3 is 5.91 Å². The number of amides is 1. The van der Waals surface area contributed by atoms with Crippen molar-refractivity contribution in [3.05, 3.63) is 94.6 Å². The van der Waals surface area contributed by atoms with Crippen LogP contribution in [0.25, 0.3) is 16.0 Å². The molecule has 4 aromatic rings. The summed E-state index contributed by atoms with van der Waals surface area (Å²) in [4.78, 5) is 32.1. The van der Waals surface area contributed by atoms with Gasteiger partial charge in [0.05, 0.1) is 28.4 Å². The highest BCUT2D eigenvalue weighted by atomic mass is 32.1. The number of rotatable bonds is 5. The van der Waals surface area contributed by atoms with Gasteiger partial charge < -0.3 is 9.84 Å². The molecule has 182 valence electrons. The molecule has 0 bridgehead atoms. The summed E-state index contributed by atoms with van der Waals surface area (Å²) < 4.78 is 33.4. The largest absolute Gasteiger partial charge is 0.507 e. The Kier molecular flexibility index (Phi) is 6.01. The monoisotopic (exact) mass is 506 g/mol. The number of hydrogen-bond acceptors (Lipinski definition) is 6. The third-order valence-corrected chi connectivity index (χ3v) is 6.88. The number of carbonyl (C=O) groups excluding carboxylic acids is 2. The van der Waals surface area contributed by atoms with E-state index in [-0.39, 0.29) is 22.0 Å². The molecule has 1 fully saturated rings. The number of anilines is 1. The predicted molar refractivity (Wildman–Crippen MR) is 133 cm³/mol. The van der Waals surface area contributed by atoms with E-state index in [1.807, 2.05) is 26.0 Å². The lowest BCUT2D eigenvalue weighted by molar-refractivity contribution is -0.132. The van der Waals surface area contributed by atoms with Gasteiger partial charge in [-0.2, -0.15) is 0 Å². The molecule has 36 heavy (non-hydrogen) atoms. The predicted octanol–water partition coefficient (Wildman–Crippen LogP) is 5.91. The van der Waals surface area contributed by atoms with E-state index in [4.69, 9.17) is 4.74 Å². The lowest BCUT2D eigenvalue weighted by Crippen LogP contribution is -2.29. The van der Waals surface area contributed by atoms with Crippen LogP contribution in [-0.4, -0.2) is 28.4 Å². The molecular formula is C27H20F2N2O4S. The average Bonchev–Trinajstić information content (AvgIpc) is 3.37. The summed E-state index contributed by atoms with van der Waals surface area (Å²) in [5.41, 5.74) is 1.85. The van der Waals surface area contributed by atoms with E-state index in [9.17, 15) is 23.5 Å². The van der Waals surface area contributed by atoms with Crippen molar-refractivity contribution in [3.63, 3.8) is 0 Å². The maximum atomic E-state index is 13.8. The van der Waals surface area contributed by atoms with Gasteiger partial charge in [0.2, 0.25) is 0 Å². The maximum absolute atomic E-state index is 13.8. The van der Waals surface area contributed by atoms with Crippen molar-refractivity contribution in [2.75, 3.05) is 11.5 Å². The molecule has 0 aliphatic carbocycles. The zero-order valence-corrected chi connectivity index (χ0v) is 20.1. The summed E-state index contributed by atoms with van der Waals surface area (Å²) in [6, 6.07) is 14.7. The van der Waals surface area contributed by atoms with E-state index < -0.39 is 29.4 Å². The van der Waals surface area contributed by atoms with Crippen LogP contribution >= 0.6 is 11.3 Å². The van der Waals surface area contributed by atoms with Gasteiger partial charge in [-0.05, 0) is 49.7 Å². The molecule has 0 radical (unpaired) electrons. The first-order valence-electron chi connectivity index (χ1n) is 11.1. The smallest absolute Gasteiger partial charge is 0.301 e. The van der Waals surface area contributed by atoms with E-state index in [0.29, 0.717) is 28.2 Å². The van der Waals surface area contributed by atoms with Crippen LogP contribution in [0.15, 0.2) is 66.2 Å². The van der Waals surface area contributed by atoms with Crippen LogP contribution in [0.4, 0.5) is 13.9 Å². The number of benzene rings is 3. The number of Topliss-reactive ketones (excluding diaryl/α,β-unsaturated/α-hetero) is 1. The molecule has 1 N–H and O–H groups in total. The molecular weight excluding hydrogens is 486 g/mol. The van der Waals surface area contributed by atoms with Gasteiger partial charge in [0.1, 0.15) is 11.5 Å². The molecule has 9 heteroatoms. The fraction of sp³-hybridized carbons (Fsp3) is 0.148. The van der Waals surface area contributed by atoms with Crippen LogP contribution in [0.1, 0.15) is 29.7 Å². The number of hydrogen-bond donors (Lipinski definition) is 1. The lowest BCUT2D eigenvalue weighted by atomic mass is 9.94. The Labute approximate surface area is 209 Å². The number of aliphatic hydroxyl groups excluding tert-OH is 1. The first-order valence-corrected chi connectivity index (χ1v) is 12.0. The number of halogens is 2. The van der Waals surface area contributed by atoms with Crippen LogP contribution in [0.5, 0.6) is 5.75 Å². The summed E-state index contributed by atoms with van der Waals surface area (Å²) in [6.45, 7) is 4.19. The molecule has 1 aliphatic rings. The van der Waals surface area contributed by atoms with Crippen LogP contribution in [0.3, 0.4) is 0 Å². The Morgan fingerprint density at radius 2 is 1.81 bits per heavy atom. The van der Waals surface area contributed by atoms with Gasteiger partial charge in [-0.3, -0.25) is 14.5 Å². The summed E-state index contributed by atoms with van der Waals surface area (Å²) >= 11 is 0.957. The molecule has 2 heterocycles. The minimum absolute atomic E-state index is 0.0920. The summed E-state index contributed by atoms with van der Waals surface area (Å²) in [5, 5.41) is 11.3. The minimum Gasteiger partial charge on any atom is -0.507 e. The minimum atomic E-state index is -1.06. The fourth-order valence-corrected chi connectivity index (χ4v) is 5.23. The van der Waals surface area contributed by atoms with E-state index in [1.165, 1.54) is 4.90 Å². The first-order chi connectivity index (χ1) is 17.3. The Morgan fingerprint density at radius 1 is 1.08 bits per heavy atom. The average molecular weight is 507 g/mol. The number of aryl methyl sites for hydroxylation is 1. The zero-order valence-electron chi connectivity index (χ0n) is 19.3. The molecule has 3 aromatic carbocycles. The number of nitrogens with zero attached hydrogens (tertiary/aromatic N) is 2. The Morgan fingerprint density at radius 3 is 2.50 bits per heavy atom. The number of thiazole rings is 1. The van der Waals surface area contributed by atoms with Crippen molar-refractivity contribution in [3.8, 4) is 5.75 Å². The van der Waals surface area contributed by atoms with Crippen molar-refractivity contribution in [1.82, 2.24) is 4.98 Å². The summed E-state index contributed by atoms with van der Waals surface area (Å²) in [6.07, 6.45) is 0. The number of aromatic nitrogens is 1. The quantitative estimate of drug-likeness (QED) is 0.207. The molecule has 0 spiro atoms. The summed E-state index contributed by atoms with van der Waals surface area (Å²) in [7, 11) is 0. The molecule has 5 rings (SSSR count). The van der Waals surface area contributed by atoms with Crippen LogP contribution in [0, 0.1) is 18.6 Å². The van der Waals surface area contributed by atoms with Gasteiger partial charge in [0.25, 0.3) is 5.78 Å². The van der Waals surface area contributed by atoms with Crippen molar-refractivity contribution < 1.29 is 28.2 Å². The van der Waals surface area contributed by atoms with Crippen LogP contribution in [0.2, 0.25) is 0 Å². The molecule has 6 nitrogen and oxygen atoms in total. The Balaban J connectivity index is 1.69.